The Hall–Kier alpha value is -1.92. The maximum Gasteiger partial charge on any atom is 0.303 e. The topological polar surface area (TPSA) is 98.7 Å². The van der Waals surface area contributed by atoms with Gasteiger partial charge in [0.25, 0.3) is 0 Å². The number of carboxylic acids is 1. The maximum absolute atomic E-state index is 11.8. The lowest BCUT2D eigenvalue weighted by Gasteiger charge is -2.40. The highest BCUT2D eigenvalue weighted by molar-refractivity contribution is 5.76. The molecule has 0 spiro atoms. The van der Waals surface area contributed by atoms with E-state index in [0.717, 1.165) is 25.7 Å². The van der Waals surface area contributed by atoms with Gasteiger partial charge in [0, 0.05) is 31.5 Å². The summed E-state index contributed by atoms with van der Waals surface area (Å²) in [4.78, 5) is 22.3. The van der Waals surface area contributed by atoms with Gasteiger partial charge in [0.1, 0.15) is 0 Å². The highest BCUT2D eigenvalue weighted by Gasteiger charge is 2.34. The third-order valence-electron chi connectivity index (χ3n) is 5.99. The molecule has 168 valence electrons. The van der Waals surface area contributed by atoms with Crippen molar-refractivity contribution in [3.05, 3.63) is 35.4 Å². The van der Waals surface area contributed by atoms with Crippen LogP contribution in [0.25, 0.3) is 0 Å². The van der Waals surface area contributed by atoms with Crippen LogP contribution in [0.3, 0.4) is 0 Å². The van der Waals surface area contributed by atoms with Crippen molar-refractivity contribution in [1.29, 1.82) is 0 Å². The highest BCUT2D eigenvalue weighted by atomic mass is 16.4. The zero-order chi connectivity index (χ0) is 22.2. The SMILES string of the molecule is CC(C)(C)c1cccc(C2(NC[C@@H](O)CNC(=O)CCCC(=O)O)CCCCC2)c1. The lowest BCUT2D eigenvalue weighted by Crippen LogP contribution is -2.49. The molecule has 0 bridgehead atoms. The van der Waals surface area contributed by atoms with Crippen LogP contribution >= 0.6 is 0 Å². The van der Waals surface area contributed by atoms with E-state index in [1.807, 2.05) is 0 Å². The van der Waals surface area contributed by atoms with Gasteiger partial charge in [-0.05, 0) is 35.8 Å². The van der Waals surface area contributed by atoms with E-state index in [2.05, 4.69) is 55.7 Å². The van der Waals surface area contributed by atoms with Crippen LogP contribution < -0.4 is 10.6 Å². The molecular formula is C24H38N2O4. The van der Waals surface area contributed by atoms with Crippen LogP contribution in [0.15, 0.2) is 24.3 Å². The number of carbonyl (C=O) groups excluding carboxylic acids is 1. The molecule has 0 aliphatic heterocycles. The second-order valence-corrected chi connectivity index (χ2v) is 9.56. The van der Waals surface area contributed by atoms with E-state index >= 15 is 0 Å². The van der Waals surface area contributed by atoms with Crippen molar-refractivity contribution < 1.29 is 19.8 Å². The molecule has 1 aliphatic rings. The second kappa shape index (κ2) is 10.9. The molecule has 0 heterocycles. The molecule has 1 fully saturated rings. The monoisotopic (exact) mass is 418 g/mol. The van der Waals surface area contributed by atoms with Gasteiger partial charge in [-0.1, -0.05) is 64.3 Å². The average molecular weight is 419 g/mol. The first kappa shape index (κ1) is 24.4. The molecule has 30 heavy (non-hydrogen) atoms. The number of aliphatic hydroxyl groups excluding tert-OH is 1. The lowest BCUT2D eigenvalue weighted by atomic mass is 9.74. The summed E-state index contributed by atoms with van der Waals surface area (Å²) >= 11 is 0. The molecule has 1 aliphatic carbocycles. The molecule has 0 aromatic heterocycles. The van der Waals surface area contributed by atoms with Crippen molar-refractivity contribution >= 4 is 11.9 Å². The van der Waals surface area contributed by atoms with Gasteiger partial charge in [0.2, 0.25) is 5.91 Å². The van der Waals surface area contributed by atoms with E-state index in [0.29, 0.717) is 13.0 Å². The van der Waals surface area contributed by atoms with Crippen LogP contribution in [0.2, 0.25) is 0 Å². The first-order chi connectivity index (χ1) is 14.1. The fraction of sp³-hybridized carbons (Fsp3) is 0.667. The number of nitrogens with one attached hydrogen (secondary N) is 2. The Balaban J connectivity index is 1.95. The molecule has 0 saturated heterocycles. The van der Waals surface area contributed by atoms with Crippen molar-refractivity contribution in [1.82, 2.24) is 10.6 Å². The van der Waals surface area contributed by atoms with Gasteiger partial charge in [-0.25, -0.2) is 0 Å². The van der Waals surface area contributed by atoms with Gasteiger partial charge in [0.05, 0.1) is 6.10 Å². The number of aliphatic carboxylic acids is 1. The van der Waals surface area contributed by atoms with E-state index in [1.165, 1.54) is 17.5 Å². The van der Waals surface area contributed by atoms with Gasteiger partial charge in [-0.15, -0.1) is 0 Å². The number of rotatable bonds is 10. The fourth-order valence-corrected chi connectivity index (χ4v) is 4.11. The van der Waals surface area contributed by atoms with Gasteiger partial charge >= 0.3 is 5.97 Å². The molecule has 6 nitrogen and oxygen atoms in total. The number of carboxylic acid groups (broad SMARTS) is 1. The number of carbonyl (C=O) groups is 2. The van der Waals surface area contributed by atoms with E-state index in [4.69, 9.17) is 5.11 Å². The van der Waals surface area contributed by atoms with Crippen molar-refractivity contribution in [2.45, 2.75) is 89.2 Å². The zero-order valence-corrected chi connectivity index (χ0v) is 18.7. The molecule has 1 aromatic rings. The number of amides is 1. The van der Waals surface area contributed by atoms with Crippen molar-refractivity contribution in [3.8, 4) is 0 Å². The van der Waals surface area contributed by atoms with Crippen molar-refractivity contribution in [2.24, 2.45) is 0 Å². The molecule has 4 N–H and O–H groups in total. The van der Waals surface area contributed by atoms with Crippen LogP contribution in [0.1, 0.15) is 83.3 Å². The molecule has 2 rings (SSSR count). The van der Waals surface area contributed by atoms with E-state index in [-0.39, 0.29) is 36.2 Å². The molecule has 0 radical (unpaired) electrons. The molecule has 1 aromatic carbocycles. The summed E-state index contributed by atoms with van der Waals surface area (Å²) in [6, 6.07) is 8.79. The minimum Gasteiger partial charge on any atom is -0.481 e. The maximum atomic E-state index is 11.8. The molecule has 1 saturated carbocycles. The summed E-state index contributed by atoms with van der Waals surface area (Å²) in [5.41, 5.74) is 2.52. The first-order valence-corrected chi connectivity index (χ1v) is 11.1. The van der Waals surface area contributed by atoms with Crippen LogP contribution in [0.5, 0.6) is 0 Å². The van der Waals surface area contributed by atoms with Gasteiger partial charge < -0.3 is 20.8 Å². The Kier molecular flexibility index (Phi) is 8.86. The minimum atomic E-state index is -0.902. The molecule has 1 amide bonds. The second-order valence-electron chi connectivity index (χ2n) is 9.56. The average Bonchev–Trinajstić information content (AvgIpc) is 2.70. The first-order valence-electron chi connectivity index (χ1n) is 11.1. The van der Waals surface area contributed by atoms with Crippen LogP contribution in [-0.4, -0.2) is 41.3 Å². The van der Waals surface area contributed by atoms with Crippen LogP contribution in [0.4, 0.5) is 0 Å². The van der Waals surface area contributed by atoms with Crippen LogP contribution in [0, 0.1) is 0 Å². The summed E-state index contributed by atoms with van der Waals surface area (Å²) in [6.45, 7) is 7.22. The Bertz CT molecular complexity index is 705. The van der Waals surface area contributed by atoms with Gasteiger partial charge in [-0.3, -0.25) is 9.59 Å². The molecular weight excluding hydrogens is 380 g/mol. The zero-order valence-electron chi connectivity index (χ0n) is 18.7. The van der Waals surface area contributed by atoms with Crippen LogP contribution in [-0.2, 0) is 20.5 Å². The lowest BCUT2D eigenvalue weighted by molar-refractivity contribution is -0.137. The number of hydrogen-bond donors (Lipinski definition) is 4. The quantitative estimate of drug-likeness (QED) is 0.466. The third-order valence-corrected chi connectivity index (χ3v) is 5.99. The van der Waals surface area contributed by atoms with E-state index in [1.54, 1.807) is 0 Å². The van der Waals surface area contributed by atoms with Crippen molar-refractivity contribution in [2.75, 3.05) is 13.1 Å². The number of benzene rings is 1. The highest BCUT2D eigenvalue weighted by Crippen LogP contribution is 2.38. The minimum absolute atomic E-state index is 0.0202. The molecule has 1 atom stereocenters. The Morgan fingerprint density at radius 2 is 1.80 bits per heavy atom. The standard InChI is InChI=1S/C24H38N2O4/c1-23(2,3)18-9-7-10-19(15-18)24(13-5-4-6-14-24)26-17-20(27)16-25-21(28)11-8-12-22(29)30/h7,9-10,15,20,26-27H,4-6,8,11-14,16-17H2,1-3H3,(H,25,28)(H,29,30)/t20-/m0/s1. The predicted molar refractivity (Wildman–Crippen MR) is 118 cm³/mol. The Labute approximate surface area is 180 Å². The summed E-state index contributed by atoms with van der Waals surface area (Å²) in [5, 5.41) is 25.4. The van der Waals surface area contributed by atoms with E-state index < -0.39 is 12.1 Å². The summed E-state index contributed by atoms with van der Waals surface area (Å²) in [7, 11) is 0. The number of aliphatic hydroxyl groups is 1. The smallest absolute Gasteiger partial charge is 0.303 e. The Morgan fingerprint density at radius 1 is 1.10 bits per heavy atom. The molecule has 6 heteroatoms. The summed E-state index contributed by atoms with van der Waals surface area (Å²) in [5.74, 6) is -1.12. The van der Waals surface area contributed by atoms with E-state index in [9.17, 15) is 14.7 Å². The van der Waals surface area contributed by atoms with Gasteiger partial charge in [0.15, 0.2) is 0 Å². The fourth-order valence-electron chi connectivity index (χ4n) is 4.11. The predicted octanol–water partition coefficient (Wildman–Crippen LogP) is 3.47. The Morgan fingerprint density at radius 3 is 2.43 bits per heavy atom. The largest absolute Gasteiger partial charge is 0.481 e. The van der Waals surface area contributed by atoms with Crippen molar-refractivity contribution in [3.63, 3.8) is 0 Å². The normalized spacial score (nSPS) is 17.3. The van der Waals surface area contributed by atoms with Gasteiger partial charge in [-0.2, -0.15) is 0 Å². The summed E-state index contributed by atoms with van der Waals surface area (Å²) in [6.07, 6.45) is 5.37. The number of hydrogen-bond acceptors (Lipinski definition) is 4. The molecule has 0 unspecified atom stereocenters. The third kappa shape index (κ3) is 7.40. The summed E-state index contributed by atoms with van der Waals surface area (Å²) < 4.78 is 0.